The number of hydrogen-bond donors (Lipinski definition) is 1. The van der Waals surface area contributed by atoms with Gasteiger partial charge in [0.1, 0.15) is 0 Å². The smallest absolute Gasteiger partial charge is 0.154 e. The molecule has 0 amide bonds. The third-order valence-corrected chi connectivity index (χ3v) is 4.58. The number of thiazole rings is 1. The van der Waals surface area contributed by atoms with Crippen molar-refractivity contribution in [3.8, 4) is 0 Å². The van der Waals surface area contributed by atoms with Crippen LogP contribution in [0, 0.1) is 6.92 Å². The Balaban J connectivity index is 2.26. The summed E-state index contributed by atoms with van der Waals surface area (Å²) in [6, 6.07) is 5.97. The van der Waals surface area contributed by atoms with Crippen LogP contribution in [0.1, 0.15) is 11.3 Å². The van der Waals surface area contributed by atoms with E-state index in [4.69, 9.17) is 11.6 Å². The predicted molar refractivity (Wildman–Crippen MR) is 75.2 cm³/mol. The van der Waals surface area contributed by atoms with Crippen LogP contribution in [0.3, 0.4) is 0 Å². The van der Waals surface area contributed by atoms with E-state index in [1.807, 2.05) is 26.1 Å². The minimum absolute atomic E-state index is 0.764. The fourth-order valence-corrected chi connectivity index (χ4v) is 3.63. The van der Waals surface area contributed by atoms with Gasteiger partial charge >= 0.3 is 0 Å². The van der Waals surface area contributed by atoms with Crippen LogP contribution in [0.5, 0.6) is 0 Å². The van der Waals surface area contributed by atoms with Gasteiger partial charge in [-0.1, -0.05) is 29.4 Å². The lowest BCUT2D eigenvalue weighted by atomic mass is 10.2. The van der Waals surface area contributed by atoms with E-state index in [9.17, 15) is 0 Å². The van der Waals surface area contributed by atoms with Gasteiger partial charge in [0.25, 0.3) is 0 Å². The lowest BCUT2D eigenvalue weighted by Gasteiger charge is -2.07. The molecule has 1 N–H and O–H groups in total. The van der Waals surface area contributed by atoms with E-state index in [1.54, 1.807) is 23.1 Å². The van der Waals surface area contributed by atoms with Gasteiger partial charge in [-0.2, -0.15) is 0 Å². The first-order valence-electron chi connectivity index (χ1n) is 5.22. The summed E-state index contributed by atoms with van der Waals surface area (Å²) in [5.74, 6) is 0. The topological polar surface area (TPSA) is 24.9 Å². The number of hydrogen-bond acceptors (Lipinski definition) is 4. The van der Waals surface area contributed by atoms with Crippen molar-refractivity contribution >= 4 is 34.7 Å². The summed E-state index contributed by atoms with van der Waals surface area (Å²) < 4.78 is 1.06. The minimum Gasteiger partial charge on any atom is -0.316 e. The molecule has 2 rings (SSSR count). The van der Waals surface area contributed by atoms with Crippen LogP contribution in [-0.4, -0.2) is 12.0 Å². The van der Waals surface area contributed by atoms with Gasteiger partial charge in [0.15, 0.2) is 4.34 Å². The molecule has 0 saturated carbocycles. The van der Waals surface area contributed by atoms with Gasteiger partial charge in [0.05, 0.1) is 0 Å². The quantitative estimate of drug-likeness (QED) is 0.919. The predicted octanol–water partition coefficient (Wildman–Crippen LogP) is 3.98. The van der Waals surface area contributed by atoms with Crippen LogP contribution in [0.2, 0.25) is 5.02 Å². The van der Waals surface area contributed by atoms with Crippen LogP contribution in [-0.2, 0) is 6.54 Å². The minimum atomic E-state index is 0.764. The Bertz CT molecular complexity index is 511. The summed E-state index contributed by atoms with van der Waals surface area (Å²) in [5.41, 5.74) is 2.31. The fourth-order valence-electron chi connectivity index (χ4n) is 1.43. The SMILES string of the molecule is CNCc1ccc(Cl)cc1Sc1nc(C)cs1. The van der Waals surface area contributed by atoms with E-state index in [2.05, 4.69) is 21.7 Å². The highest BCUT2D eigenvalue weighted by molar-refractivity contribution is 8.01. The number of aryl methyl sites for hydroxylation is 1. The zero-order valence-corrected chi connectivity index (χ0v) is 12.0. The lowest BCUT2D eigenvalue weighted by Crippen LogP contribution is -2.05. The molecule has 0 saturated heterocycles. The number of aromatic nitrogens is 1. The first kappa shape index (κ1) is 12.9. The molecule has 0 atom stereocenters. The van der Waals surface area contributed by atoms with Crippen molar-refractivity contribution in [1.29, 1.82) is 0 Å². The van der Waals surface area contributed by atoms with Crippen LogP contribution in [0.4, 0.5) is 0 Å². The second kappa shape index (κ2) is 5.87. The van der Waals surface area contributed by atoms with E-state index in [1.165, 1.54) is 10.5 Å². The van der Waals surface area contributed by atoms with Gasteiger partial charge in [-0.25, -0.2) is 4.98 Å². The molecule has 0 radical (unpaired) electrons. The molecular formula is C12H13ClN2S2. The summed E-state index contributed by atoms with van der Waals surface area (Å²) in [4.78, 5) is 5.62. The zero-order chi connectivity index (χ0) is 12.3. The molecule has 0 aliphatic heterocycles. The average molecular weight is 285 g/mol. The highest BCUT2D eigenvalue weighted by Crippen LogP contribution is 2.34. The van der Waals surface area contributed by atoms with Crippen molar-refractivity contribution in [2.45, 2.75) is 22.7 Å². The molecule has 0 bridgehead atoms. The van der Waals surface area contributed by atoms with Crippen LogP contribution in [0.25, 0.3) is 0 Å². The monoisotopic (exact) mass is 284 g/mol. The third-order valence-electron chi connectivity index (χ3n) is 2.19. The molecule has 0 fully saturated rings. The van der Waals surface area contributed by atoms with Crippen LogP contribution < -0.4 is 5.32 Å². The molecule has 90 valence electrons. The maximum atomic E-state index is 6.04. The number of benzene rings is 1. The largest absolute Gasteiger partial charge is 0.316 e. The lowest BCUT2D eigenvalue weighted by molar-refractivity contribution is 0.803. The van der Waals surface area contributed by atoms with Crippen molar-refractivity contribution in [2.75, 3.05) is 7.05 Å². The Morgan fingerprint density at radius 2 is 2.29 bits per heavy atom. The zero-order valence-electron chi connectivity index (χ0n) is 9.66. The van der Waals surface area contributed by atoms with Gasteiger partial charge in [0, 0.05) is 27.5 Å². The van der Waals surface area contributed by atoms with Crippen molar-refractivity contribution in [1.82, 2.24) is 10.3 Å². The molecule has 0 aliphatic rings. The molecule has 1 aromatic heterocycles. The molecule has 5 heteroatoms. The highest BCUT2D eigenvalue weighted by Gasteiger charge is 2.07. The maximum Gasteiger partial charge on any atom is 0.154 e. The van der Waals surface area contributed by atoms with Gasteiger partial charge in [-0.15, -0.1) is 11.3 Å². The summed E-state index contributed by atoms with van der Waals surface area (Å²) in [5, 5.41) is 5.99. The van der Waals surface area contributed by atoms with Crippen molar-refractivity contribution in [2.24, 2.45) is 0 Å². The molecule has 1 heterocycles. The molecule has 0 spiro atoms. The standard InChI is InChI=1S/C12H13ClN2S2/c1-8-7-16-12(15-8)17-11-5-10(13)4-3-9(11)6-14-2/h3-5,7,14H,6H2,1-2H3. The normalized spacial score (nSPS) is 10.8. The Morgan fingerprint density at radius 1 is 1.47 bits per heavy atom. The van der Waals surface area contributed by atoms with E-state index < -0.39 is 0 Å². The Labute approximate surface area is 114 Å². The summed E-state index contributed by atoms with van der Waals surface area (Å²) in [7, 11) is 1.94. The Hall–Kier alpha value is -0.550. The second-order valence-corrected chi connectivity index (χ2v) is 6.22. The van der Waals surface area contributed by atoms with Crippen molar-refractivity contribution in [3.63, 3.8) is 0 Å². The number of nitrogens with one attached hydrogen (secondary N) is 1. The highest BCUT2D eigenvalue weighted by atomic mass is 35.5. The molecule has 0 aliphatic carbocycles. The van der Waals surface area contributed by atoms with Crippen molar-refractivity contribution in [3.05, 3.63) is 39.9 Å². The van der Waals surface area contributed by atoms with Crippen LogP contribution >= 0.6 is 34.7 Å². The van der Waals surface area contributed by atoms with E-state index in [-0.39, 0.29) is 0 Å². The number of rotatable bonds is 4. The number of nitrogens with zero attached hydrogens (tertiary/aromatic N) is 1. The van der Waals surface area contributed by atoms with Gasteiger partial charge < -0.3 is 5.32 Å². The third kappa shape index (κ3) is 3.45. The summed E-state index contributed by atoms with van der Waals surface area (Å²) in [6.45, 7) is 2.84. The van der Waals surface area contributed by atoms with E-state index in [0.29, 0.717) is 0 Å². The Kier molecular flexibility index (Phi) is 4.45. The Morgan fingerprint density at radius 3 is 2.94 bits per heavy atom. The molecular weight excluding hydrogens is 272 g/mol. The van der Waals surface area contributed by atoms with Crippen molar-refractivity contribution < 1.29 is 0 Å². The van der Waals surface area contributed by atoms with E-state index in [0.717, 1.165) is 21.6 Å². The summed E-state index contributed by atoms with van der Waals surface area (Å²) >= 11 is 9.38. The molecule has 1 aromatic carbocycles. The fraction of sp³-hybridized carbons (Fsp3) is 0.250. The van der Waals surface area contributed by atoms with Gasteiger partial charge in [0.2, 0.25) is 0 Å². The van der Waals surface area contributed by atoms with Crippen LogP contribution in [0.15, 0.2) is 32.8 Å². The first-order valence-corrected chi connectivity index (χ1v) is 7.29. The first-order chi connectivity index (χ1) is 8.19. The van der Waals surface area contributed by atoms with E-state index >= 15 is 0 Å². The molecule has 2 nitrogen and oxygen atoms in total. The molecule has 2 aromatic rings. The van der Waals surface area contributed by atoms with Gasteiger partial charge in [-0.3, -0.25) is 0 Å². The second-order valence-electron chi connectivity index (χ2n) is 3.64. The number of halogens is 1. The molecule has 0 unspecified atom stereocenters. The maximum absolute atomic E-state index is 6.04. The average Bonchev–Trinajstić information content (AvgIpc) is 2.68. The molecule has 17 heavy (non-hydrogen) atoms. The summed E-state index contributed by atoms with van der Waals surface area (Å²) in [6.07, 6.45) is 0. The van der Waals surface area contributed by atoms with Gasteiger partial charge in [-0.05, 0) is 31.7 Å².